The van der Waals surface area contributed by atoms with Crippen molar-refractivity contribution in [2.75, 3.05) is 5.88 Å². The Kier molecular flexibility index (Phi) is 3.96. The van der Waals surface area contributed by atoms with E-state index >= 15 is 0 Å². The number of rotatable bonds is 4. The zero-order valence-corrected chi connectivity index (χ0v) is 7.04. The van der Waals surface area contributed by atoms with Gasteiger partial charge in [0.25, 0.3) is 0 Å². The van der Waals surface area contributed by atoms with Gasteiger partial charge in [0.05, 0.1) is 0 Å². The van der Waals surface area contributed by atoms with E-state index in [2.05, 4.69) is 20.4 Å². The van der Waals surface area contributed by atoms with Gasteiger partial charge in [-0.2, -0.15) is 0 Å². The molecule has 0 nitrogen and oxygen atoms in total. The summed E-state index contributed by atoms with van der Waals surface area (Å²) in [5.74, 6) is 0.761. The second-order valence-corrected chi connectivity index (χ2v) is 3.36. The Morgan fingerprint density at radius 2 is 2.11 bits per heavy atom. The third kappa shape index (κ3) is 4.53. The van der Waals surface area contributed by atoms with Crippen LogP contribution in [0.2, 0.25) is 0 Å². The molecule has 0 heterocycles. The molecule has 0 bridgehead atoms. The maximum absolute atomic E-state index is 5.53. The summed E-state index contributed by atoms with van der Waals surface area (Å²) < 4.78 is 0. The molecule has 9 heavy (non-hydrogen) atoms. The monoisotopic (exact) mass is 146 g/mol. The molecule has 0 atom stereocenters. The summed E-state index contributed by atoms with van der Waals surface area (Å²) >= 11 is 5.53. The summed E-state index contributed by atoms with van der Waals surface area (Å²) in [6.45, 7) is 8.09. The molecule has 0 fully saturated rings. The first-order valence-electron chi connectivity index (χ1n) is 3.32. The Bertz CT molecular complexity index is 84.6. The maximum Gasteiger partial charge on any atom is 0.0223 e. The van der Waals surface area contributed by atoms with Gasteiger partial charge in [-0.05, 0) is 18.3 Å². The molecule has 0 aromatic heterocycles. The SMILES string of the molecule is C=CC(C)(C)CCCCl. The number of halogens is 1. The van der Waals surface area contributed by atoms with E-state index in [1.54, 1.807) is 0 Å². The van der Waals surface area contributed by atoms with Crippen LogP contribution in [0.15, 0.2) is 12.7 Å². The van der Waals surface area contributed by atoms with Crippen molar-refractivity contribution in [1.29, 1.82) is 0 Å². The minimum absolute atomic E-state index is 0.273. The van der Waals surface area contributed by atoms with E-state index in [1.165, 1.54) is 0 Å². The van der Waals surface area contributed by atoms with Crippen molar-refractivity contribution >= 4 is 11.6 Å². The van der Waals surface area contributed by atoms with Crippen molar-refractivity contribution in [2.24, 2.45) is 5.41 Å². The van der Waals surface area contributed by atoms with Crippen LogP contribution in [0.4, 0.5) is 0 Å². The lowest BCUT2D eigenvalue weighted by Gasteiger charge is -2.17. The molecule has 0 amide bonds. The first kappa shape index (κ1) is 9.03. The fourth-order valence-corrected chi connectivity index (χ4v) is 0.758. The van der Waals surface area contributed by atoms with Crippen LogP contribution in [0.25, 0.3) is 0 Å². The summed E-state index contributed by atoms with van der Waals surface area (Å²) in [4.78, 5) is 0. The van der Waals surface area contributed by atoms with E-state index < -0.39 is 0 Å². The van der Waals surface area contributed by atoms with E-state index in [0.29, 0.717) is 0 Å². The molecule has 0 spiro atoms. The normalized spacial score (nSPS) is 11.4. The van der Waals surface area contributed by atoms with Gasteiger partial charge in [0.1, 0.15) is 0 Å². The second-order valence-electron chi connectivity index (χ2n) is 2.99. The lowest BCUT2D eigenvalue weighted by atomic mass is 9.89. The Morgan fingerprint density at radius 1 is 1.56 bits per heavy atom. The maximum atomic E-state index is 5.53. The quantitative estimate of drug-likeness (QED) is 0.422. The predicted molar refractivity (Wildman–Crippen MR) is 43.9 cm³/mol. The van der Waals surface area contributed by atoms with Crippen LogP contribution in [-0.4, -0.2) is 5.88 Å². The zero-order chi connectivity index (χ0) is 7.33. The predicted octanol–water partition coefficient (Wildman–Crippen LogP) is 3.22. The molecule has 1 heteroatoms. The van der Waals surface area contributed by atoms with Crippen LogP contribution in [-0.2, 0) is 0 Å². The van der Waals surface area contributed by atoms with Crippen LogP contribution in [0, 0.1) is 5.41 Å². The van der Waals surface area contributed by atoms with Crippen LogP contribution in [0.3, 0.4) is 0 Å². The highest BCUT2D eigenvalue weighted by molar-refractivity contribution is 6.17. The van der Waals surface area contributed by atoms with Crippen LogP contribution in [0.1, 0.15) is 26.7 Å². The van der Waals surface area contributed by atoms with Gasteiger partial charge in [-0.3, -0.25) is 0 Å². The zero-order valence-electron chi connectivity index (χ0n) is 6.28. The van der Waals surface area contributed by atoms with Crippen LogP contribution in [0.5, 0.6) is 0 Å². The van der Waals surface area contributed by atoms with Crippen molar-refractivity contribution < 1.29 is 0 Å². The third-order valence-electron chi connectivity index (χ3n) is 1.51. The Hall–Kier alpha value is 0.0300. The van der Waals surface area contributed by atoms with Crippen molar-refractivity contribution in [3.63, 3.8) is 0 Å². The number of hydrogen-bond acceptors (Lipinski definition) is 0. The molecule has 0 unspecified atom stereocenters. The van der Waals surface area contributed by atoms with E-state index in [4.69, 9.17) is 11.6 Å². The van der Waals surface area contributed by atoms with Crippen LogP contribution >= 0.6 is 11.6 Å². The molecule has 0 radical (unpaired) electrons. The Labute approximate surface area is 62.9 Å². The lowest BCUT2D eigenvalue weighted by molar-refractivity contribution is 0.434. The van der Waals surface area contributed by atoms with Crippen molar-refractivity contribution in [3.8, 4) is 0 Å². The van der Waals surface area contributed by atoms with Gasteiger partial charge in [0.2, 0.25) is 0 Å². The summed E-state index contributed by atoms with van der Waals surface area (Å²) in [6, 6.07) is 0. The molecule has 0 saturated heterocycles. The number of allylic oxidation sites excluding steroid dienone is 1. The summed E-state index contributed by atoms with van der Waals surface area (Å²) in [5.41, 5.74) is 0.273. The largest absolute Gasteiger partial charge is 0.127 e. The molecule has 0 saturated carbocycles. The van der Waals surface area contributed by atoms with Crippen molar-refractivity contribution in [1.82, 2.24) is 0 Å². The number of hydrogen-bond donors (Lipinski definition) is 0. The van der Waals surface area contributed by atoms with Gasteiger partial charge in [0, 0.05) is 5.88 Å². The molecular weight excluding hydrogens is 132 g/mol. The molecule has 0 aromatic carbocycles. The molecule has 0 aliphatic carbocycles. The molecule has 0 aliphatic rings. The van der Waals surface area contributed by atoms with Gasteiger partial charge >= 0.3 is 0 Å². The van der Waals surface area contributed by atoms with Crippen molar-refractivity contribution in [3.05, 3.63) is 12.7 Å². The van der Waals surface area contributed by atoms with E-state index in [9.17, 15) is 0 Å². The minimum Gasteiger partial charge on any atom is -0.127 e. The van der Waals surface area contributed by atoms with E-state index in [1.807, 2.05) is 6.08 Å². The lowest BCUT2D eigenvalue weighted by Crippen LogP contribution is -2.06. The van der Waals surface area contributed by atoms with E-state index in [0.717, 1.165) is 18.7 Å². The van der Waals surface area contributed by atoms with Gasteiger partial charge in [0.15, 0.2) is 0 Å². The topological polar surface area (TPSA) is 0 Å². The highest BCUT2D eigenvalue weighted by Gasteiger charge is 2.10. The highest BCUT2D eigenvalue weighted by atomic mass is 35.5. The molecule has 0 rings (SSSR count). The highest BCUT2D eigenvalue weighted by Crippen LogP contribution is 2.22. The number of alkyl halides is 1. The molecule has 0 aromatic rings. The first-order chi connectivity index (χ1) is 4.12. The smallest absolute Gasteiger partial charge is 0.0223 e. The van der Waals surface area contributed by atoms with Gasteiger partial charge < -0.3 is 0 Å². The average Bonchev–Trinajstić information content (AvgIpc) is 1.84. The summed E-state index contributed by atoms with van der Waals surface area (Å²) in [6.07, 6.45) is 4.21. The van der Waals surface area contributed by atoms with Gasteiger partial charge in [-0.25, -0.2) is 0 Å². The van der Waals surface area contributed by atoms with Crippen LogP contribution < -0.4 is 0 Å². The summed E-state index contributed by atoms with van der Waals surface area (Å²) in [7, 11) is 0. The summed E-state index contributed by atoms with van der Waals surface area (Å²) in [5, 5.41) is 0. The van der Waals surface area contributed by atoms with Gasteiger partial charge in [-0.15, -0.1) is 18.2 Å². The first-order valence-corrected chi connectivity index (χ1v) is 3.85. The Balaban J connectivity index is 3.45. The molecular formula is C8H15Cl. The molecule has 54 valence electrons. The standard InChI is InChI=1S/C8H15Cl/c1-4-8(2,3)6-5-7-9/h4H,1,5-7H2,2-3H3. The fourth-order valence-electron chi connectivity index (χ4n) is 0.624. The molecule has 0 N–H and O–H groups in total. The minimum atomic E-state index is 0.273. The molecule has 0 aliphatic heterocycles. The second kappa shape index (κ2) is 3.94. The third-order valence-corrected chi connectivity index (χ3v) is 1.77. The fraction of sp³-hybridized carbons (Fsp3) is 0.750. The van der Waals surface area contributed by atoms with Gasteiger partial charge in [-0.1, -0.05) is 19.9 Å². The Morgan fingerprint density at radius 3 is 2.44 bits per heavy atom. The van der Waals surface area contributed by atoms with E-state index in [-0.39, 0.29) is 5.41 Å². The average molecular weight is 147 g/mol. The van der Waals surface area contributed by atoms with Crippen molar-refractivity contribution in [2.45, 2.75) is 26.7 Å².